The monoisotopic (exact) mass is 480 g/mol. The van der Waals surface area contributed by atoms with Crippen molar-refractivity contribution < 1.29 is 18.8 Å². The van der Waals surface area contributed by atoms with Crippen molar-refractivity contribution in [3.63, 3.8) is 0 Å². The Balaban J connectivity index is 1.38. The van der Waals surface area contributed by atoms with Crippen LogP contribution in [0.5, 0.6) is 5.88 Å². The summed E-state index contributed by atoms with van der Waals surface area (Å²) in [7, 11) is 1.51. The van der Waals surface area contributed by atoms with E-state index in [1.54, 1.807) is 52.4 Å². The van der Waals surface area contributed by atoms with Gasteiger partial charge in [0, 0.05) is 44.2 Å². The Kier molecular flexibility index (Phi) is 7.52. The van der Waals surface area contributed by atoms with Crippen molar-refractivity contribution in [2.24, 2.45) is 10.1 Å². The highest BCUT2D eigenvalue weighted by atomic mass is 19.1. The summed E-state index contributed by atoms with van der Waals surface area (Å²) in [5.74, 6) is 0.441. The van der Waals surface area contributed by atoms with Crippen molar-refractivity contribution in [2.75, 3.05) is 39.9 Å². The number of aromatic nitrogens is 1. The van der Waals surface area contributed by atoms with Gasteiger partial charge in [-0.25, -0.2) is 9.37 Å². The molecule has 3 heterocycles. The molecule has 0 radical (unpaired) electrons. The largest absolute Gasteiger partial charge is 0.481 e. The number of hydrogen-bond donors (Lipinski definition) is 1. The van der Waals surface area contributed by atoms with Crippen molar-refractivity contribution in [3.8, 4) is 5.88 Å². The van der Waals surface area contributed by atoms with Crippen molar-refractivity contribution >= 4 is 17.5 Å². The Hall–Kier alpha value is -3.63. The quantitative estimate of drug-likeness (QED) is 0.613. The lowest BCUT2D eigenvalue weighted by molar-refractivity contribution is -0.212. The Morgan fingerprint density at radius 1 is 1.26 bits per heavy atom. The first-order valence-electron chi connectivity index (χ1n) is 11.4. The Bertz CT molecular complexity index is 1150. The number of hydrogen-bond acceptors (Lipinski definition) is 8. The van der Waals surface area contributed by atoms with Gasteiger partial charge < -0.3 is 9.64 Å². The summed E-state index contributed by atoms with van der Waals surface area (Å²) in [4.78, 5) is 29.6. The number of methoxy groups -OCH3 is 1. The molecule has 0 spiro atoms. The molecule has 35 heavy (non-hydrogen) atoms. The van der Waals surface area contributed by atoms with Crippen LogP contribution in [0.15, 0.2) is 65.2 Å². The molecule has 0 bridgehead atoms. The number of carbonyl (C=O) groups excluding carboxylic acids is 1. The third kappa shape index (κ3) is 5.55. The third-order valence-electron chi connectivity index (χ3n) is 6.05. The smallest absolute Gasteiger partial charge is 0.272 e. The van der Waals surface area contributed by atoms with Crippen molar-refractivity contribution in [3.05, 3.63) is 72.2 Å². The van der Waals surface area contributed by atoms with Gasteiger partial charge in [0.15, 0.2) is 0 Å². The highest BCUT2D eigenvalue weighted by Crippen LogP contribution is 2.24. The number of benzene rings is 1. The fourth-order valence-corrected chi connectivity index (χ4v) is 4.00. The molecule has 2 aromatic rings. The number of nitrogens with zero attached hydrogens (tertiary/aromatic N) is 5. The SMILES string of the molecule is C=CC1(C)CN(C(=O)c2cccc(OC)n2)CCN1OCC1=NCCC(c2ccccc2F)=NN1. The highest BCUT2D eigenvalue weighted by Gasteiger charge is 2.39. The number of carbonyl (C=O) groups is 1. The highest BCUT2D eigenvalue weighted by molar-refractivity contribution is 6.02. The molecule has 184 valence electrons. The summed E-state index contributed by atoms with van der Waals surface area (Å²) >= 11 is 0. The number of rotatable bonds is 7. The maximum atomic E-state index is 14.1. The topological polar surface area (TPSA) is 91.7 Å². The molecule has 1 fully saturated rings. The van der Waals surface area contributed by atoms with Crippen LogP contribution in [0.2, 0.25) is 0 Å². The molecule has 4 rings (SSSR count). The fourth-order valence-electron chi connectivity index (χ4n) is 4.00. The van der Waals surface area contributed by atoms with Gasteiger partial charge in [-0.1, -0.05) is 30.3 Å². The summed E-state index contributed by atoms with van der Waals surface area (Å²) < 4.78 is 19.3. The maximum Gasteiger partial charge on any atom is 0.272 e. The molecule has 0 aliphatic carbocycles. The van der Waals surface area contributed by atoms with E-state index in [4.69, 9.17) is 9.57 Å². The number of nitrogens with one attached hydrogen (secondary N) is 1. The van der Waals surface area contributed by atoms with E-state index in [2.05, 4.69) is 27.1 Å². The molecular weight excluding hydrogens is 451 g/mol. The van der Waals surface area contributed by atoms with Gasteiger partial charge in [0.05, 0.1) is 18.4 Å². The summed E-state index contributed by atoms with van der Waals surface area (Å²) in [5.41, 5.74) is 3.68. The summed E-state index contributed by atoms with van der Waals surface area (Å²) in [5, 5.41) is 6.15. The first-order chi connectivity index (χ1) is 16.9. The number of amides is 1. The van der Waals surface area contributed by atoms with Crippen molar-refractivity contribution in [1.29, 1.82) is 0 Å². The Morgan fingerprint density at radius 2 is 2.09 bits per heavy atom. The van der Waals surface area contributed by atoms with Gasteiger partial charge in [0.2, 0.25) is 5.88 Å². The number of hydroxylamine groups is 2. The van der Waals surface area contributed by atoms with E-state index in [0.29, 0.717) is 61.3 Å². The second-order valence-electron chi connectivity index (χ2n) is 8.46. The van der Waals surface area contributed by atoms with Crippen LogP contribution in [0.1, 0.15) is 29.4 Å². The van der Waals surface area contributed by atoms with Gasteiger partial charge in [-0.2, -0.15) is 10.2 Å². The lowest BCUT2D eigenvalue weighted by Crippen LogP contribution is -2.61. The summed E-state index contributed by atoms with van der Waals surface area (Å²) in [6, 6.07) is 11.7. The van der Waals surface area contributed by atoms with Crippen molar-refractivity contribution in [2.45, 2.75) is 18.9 Å². The molecule has 0 saturated carbocycles. The van der Waals surface area contributed by atoms with Crippen molar-refractivity contribution in [1.82, 2.24) is 20.4 Å². The van der Waals surface area contributed by atoms with Crippen LogP contribution < -0.4 is 10.2 Å². The van der Waals surface area contributed by atoms with E-state index >= 15 is 0 Å². The number of hydrazone groups is 1. The van der Waals surface area contributed by atoms with Gasteiger partial charge in [-0.3, -0.25) is 20.1 Å². The van der Waals surface area contributed by atoms with Crippen LogP contribution in [0, 0.1) is 5.82 Å². The second-order valence-corrected chi connectivity index (χ2v) is 8.46. The van der Waals surface area contributed by atoms with Gasteiger partial charge >= 0.3 is 0 Å². The molecule has 1 aromatic carbocycles. The van der Waals surface area contributed by atoms with Crippen LogP contribution in [0.3, 0.4) is 0 Å². The van der Waals surface area contributed by atoms with E-state index in [1.165, 1.54) is 13.2 Å². The summed E-state index contributed by atoms with van der Waals surface area (Å²) in [6.45, 7) is 7.84. The normalized spacial score (nSPS) is 20.8. The fraction of sp³-hybridized carbons (Fsp3) is 0.360. The van der Waals surface area contributed by atoms with E-state index < -0.39 is 5.54 Å². The second kappa shape index (κ2) is 10.7. The van der Waals surface area contributed by atoms with E-state index in [-0.39, 0.29) is 18.3 Å². The Labute approximate surface area is 203 Å². The Morgan fingerprint density at radius 3 is 2.86 bits per heavy atom. The standard InChI is InChI=1S/C25H29FN6O3/c1-4-25(2)17-31(24(33)21-10-7-11-23(28-21)34-3)14-15-32(25)35-16-22-27-13-12-20(29-30-22)18-8-5-6-9-19(18)26/h4-11H,1,12-17H2,2-3H3,(H,27,30). The zero-order valence-corrected chi connectivity index (χ0v) is 19.9. The zero-order valence-electron chi connectivity index (χ0n) is 19.9. The number of aliphatic imine (C=N–C) groups is 1. The molecule has 2 aliphatic rings. The summed E-state index contributed by atoms with van der Waals surface area (Å²) in [6.07, 6.45) is 2.28. The lowest BCUT2D eigenvalue weighted by Gasteiger charge is -2.46. The first-order valence-corrected chi connectivity index (χ1v) is 11.4. The predicted octanol–water partition coefficient (Wildman–Crippen LogP) is 2.66. The molecule has 1 N–H and O–H groups in total. The molecule has 2 aliphatic heterocycles. The molecule has 1 amide bonds. The lowest BCUT2D eigenvalue weighted by atomic mass is 9.98. The number of halogens is 1. The van der Waals surface area contributed by atoms with Crippen LogP contribution >= 0.6 is 0 Å². The molecule has 10 heteroatoms. The first kappa shape index (κ1) is 24.5. The van der Waals surface area contributed by atoms with Crippen LogP contribution in [-0.2, 0) is 4.84 Å². The average molecular weight is 481 g/mol. The number of piperazine rings is 1. The number of pyridine rings is 1. The van der Waals surface area contributed by atoms with Gasteiger partial charge in [0.25, 0.3) is 5.91 Å². The van der Waals surface area contributed by atoms with Gasteiger partial charge in [-0.05, 0) is 19.1 Å². The molecule has 1 atom stereocenters. The average Bonchev–Trinajstić information content (AvgIpc) is 3.13. The molecule has 1 aromatic heterocycles. The maximum absolute atomic E-state index is 14.1. The number of amidine groups is 1. The minimum atomic E-state index is -0.625. The minimum Gasteiger partial charge on any atom is -0.481 e. The molecular formula is C25H29FN6O3. The van der Waals surface area contributed by atoms with E-state index in [0.717, 1.165) is 0 Å². The minimum absolute atomic E-state index is 0.156. The third-order valence-corrected chi connectivity index (χ3v) is 6.05. The van der Waals surface area contributed by atoms with Crippen LogP contribution in [-0.4, -0.2) is 77.8 Å². The van der Waals surface area contributed by atoms with Crippen LogP contribution in [0.4, 0.5) is 4.39 Å². The van der Waals surface area contributed by atoms with E-state index in [1.807, 2.05) is 6.92 Å². The number of ether oxygens (including phenoxy) is 1. The molecule has 1 saturated heterocycles. The van der Waals surface area contributed by atoms with Gasteiger partial charge in [0.1, 0.15) is 24.0 Å². The predicted molar refractivity (Wildman–Crippen MR) is 131 cm³/mol. The molecule has 1 unspecified atom stereocenters. The van der Waals surface area contributed by atoms with E-state index in [9.17, 15) is 9.18 Å². The van der Waals surface area contributed by atoms with Gasteiger partial charge in [-0.15, -0.1) is 6.58 Å². The molecule has 9 nitrogen and oxygen atoms in total. The zero-order chi connectivity index (χ0) is 24.8. The van der Waals surface area contributed by atoms with Crippen LogP contribution in [0.25, 0.3) is 0 Å².